The van der Waals surface area contributed by atoms with E-state index in [4.69, 9.17) is 11.0 Å². The monoisotopic (exact) mass is 440 g/mol. The van der Waals surface area contributed by atoms with Crippen molar-refractivity contribution in [2.45, 2.75) is 23.6 Å². The van der Waals surface area contributed by atoms with Crippen LogP contribution in [0.5, 0.6) is 0 Å². The summed E-state index contributed by atoms with van der Waals surface area (Å²) < 4.78 is 28.8. The molecule has 1 aromatic carbocycles. The highest BCUT2D eigenvalue weighted by molar-refractivity contribution is 8.15. The number of nitrogens with zero attached hydrogens (tertiary/aromatic N) is 4. The number of aliphatic imine (C=N–C) groups is 1. The molecule has 158 valence electrons. The Labute approximate surface area is 181 Å². The number of halogens is 2. The minimum atomic E-state index is -1.07. The zero-order valence-corrected chi connectivity index (χ0v) is 17.5. The van der Waals surface area contributed by atoms with Crippen molar-refractivity contribution in [2.75, 3.05) is 7.05 Å². The van der Waals surface area contributed by atoms with Crippen molar-refractivity contribution in [3.63, 3.8) is 0 Å². The maximum Gasteiger partial charge on any atom is 0.236 e. The zero-order chi connectivity index (χ0) is 22.4. The molecule has 2 aromatic rings. The van der Waals surface area contributed by atoms with E-state index < -0.39 is 21.9 Å². The topological polar surface area (TPSA) is 117 Å². The number of aromatic nitrogens is 2. The smallest absolute Gasteiger partial charge is 0.236 e. The summed E-state index contributed by atoms with van der Waals surface area (Å²) in [5.41, 5.74) is 5.59. The first-order valence-electron chi connectivity index (χ1n) is 9.40. The summed E-state index contributed by atoms with van der Waals surface area (Å²) in [6.07, 6.45) is 4.03. The summed E-state index contributed by atoms with van der Waals surface area (Å²) in [5, 5.41) is 11.6. The van der Waals surface area contributed by atoms with Gasteiger partial charge >= 0.3 is 0 Å². The Kier molecular flexibility index (Phi) is 5.01. The predicted molar refractivity (Wildman–Crippen MR) is 114 cm³/mol. The maximum absolute atomic E-state index is 14.9. The molecule has 10 heteroatoms. The van der Waals surface area contributed by atoms with Crippen molar-refractivity contribution in [2.24, 2.45) is 16.6 Å². The van der Waals surface area contributed by atoms with Crippen LogP contribution in [0.25, 0.3) is 11.9 Å². The fraction of sp³-hybridized carbons (Fsp3) is 0.286. The van der Waals surface area contributed by atoms with E-state index in [0.29, 0.717) is 12.0 Å². The molecule has 1 aliphatic carbocycles. The van der Waals surface area contributed by atoms with Gasteiger partial charge in [0, 0.05) is 18.5 Å². The molecule has 31 heavy (non-hydrogen) atoms. The minimum absolute atomic E-state index is 0.0479. The second kappa shape index (κ2) is 7.42. The van der Waals surface area contributed by atoms with Crippen molar-refractivity contribution in [3.05, 3.63) is 58.9 Å². The van der Waals surface area contributed by atoms with Gasteiger partial charge in [0.25, 0.3) is 0 Å². The third kappa shape index (κ3) is 3.45. The van der Waals surface area contributed by atoms with Crippen molar-refractivity contribution < 1.29 is 13.6 Å². The zero-order valence-electron chi connectivity index (χ0n) is 16.7. The standard InChI is InChI=1S/C21H18F2N6OS/c1-20(17-7-21(17,18(30)26-2)31-19(25)29-20)13-5-11(3-4-14(13)22)6-15(23)16-10-27-12(8-24)9-28-16/h3-6,9-10,17H,7H2,1-2H3,(H2,25,29)(H,26,30)/b15-6-/t17?,20-,21+/m1/s1. The molecule has 1 unspecified atom stereocenters. The lowest BCUT2D eigenvalue weighted by Crippen LogP contribution is -2.43. The number of nitriles is 1. The molecule has 0 radical (unpaired) electrons. The van der Waals surface area contributed by atoms with Gasteiger partial charge in [0.2, 0.25) is 5.91 Å². The van der Waals surface area contributed by atoms with E-state index in [9.17, 15) is 13.6 Å². The fourth-order valence-electron chi connectivity index (χ4n) is 4.03. The third-order valence-electron chi connectivity index (χ3n) is 5.67. The largest absolute Gasteiger partial charge is 0.378 e. The average molecular weight is 440 g/mol. The van der Waals surface area contributed by atoms with E-state index in [1.54, 1.807) is 14.0 Å². The summed E-state index contributed by atoms with van der Waals surface area (Å²) in [6, 6.07) is 5.99. The minimum Gasteiger partial charge on any atom is -0.378 e. The first kappa shape index (κ1) is 20.9. The molecule has 0 saturated heterocycles. The Morgan fingerprint density at radius 2 is 2.19 bits per heavy atom. The molecule has 3 N–H and O–H groups in total. The number of hydrogen-bond acceptors (Lipinski definition) is 7. The van der Waals surface area contributed by atoms with Gasteiger partial charge in [-0.25, -0.2) is 18.7 Å². The quantitative estimate of drug-likeness (QED) is 0.755. The van der Waals surface area contributed by atoms with E-state index in [1.807, 2.05) is 6.07 Å². The number of benzene rings is 1. The van der Waals surface area contributed by atoms with Crippen LogP contribution in [0.1, 0.15) is 35.9 Å². The van der Waals surface area contributed by atoms with Gasteiger partial charge in [-0.05, 0) is 37.1 Å². The number of fused-ring (bicyclic) bond motifs is 1. The summed E-state index contributed by atoms with van der Waals surface area (Å²) in [4.78, 5) is 24.6. The van der Waals surface area contributed by atoms with Crippen LogP contribution in [0.15, 0.2) is 35.6 Å². The molecule has 1 saturated carbocycles. The van der Waals surface area contributed by atoms with Crippen molar-refractivity contribution in [3.8, 4) is 6.07 Å². The van der Waals surface area contributed by atoms with E-state index >= 15 is 0 Å². The fourth-order valence-corrected chi connectivity index (χ4v) is 5.46. The lowest BCUT2D eigenvalue weighted by Gasteiger charge is -2.33. The number of carbonyl (C=O) groups excluding carboxylic acids is 1. The summed E-state index contributed by atoms with van der Waals surface area (Å²) >= 11 is 1.20. The van der Waals surface area contributed by atoms with Gasteiger partial charge < -0.3 is 11.1 Å². The number of thioether (sulfide) groups is 1. The first-order valence-corrected chi connectivity index (χ1v) is 10.2. The summed E-state index contributed by atoms with van der Waals surface area (Å²) in [7, 11) is 1.55. The van der Waals surface area contributed by atoms with Crippen molar-refractivity contribution in [1.82, 2.24) is 15.3 Å². The van der Waals surface area contributed by atoms with Gasteiger partial charge in [-0.3, -0.25) is 9.79 Å². The van der Waals surface area contributed by atoms with Crippen LogP contribution in [0.2, 0.25) is 0 Å². The number of nitrogens with two attached hydrogens (primary N) is 1. The van der Waals surface area contributed by atoms with Gasteiger partial charge in [0.05, 0.1) is 17.9 Å². The second-order valence-electron chi connectivity index (χ2n) is 7.56. The summed E-state index contributed by atoms with van der Waals surface area (Å²) in [5.74, 6) is -1.62. The number of rotatable bonds is 4. The number of carbonyl (C=O) groups is 1. The molecule has 1 aromatic heterocycles. The number of hydrogen-bond donors (Lipinski definition) is 2. The number of amidine groups is 1. The normalized spacial score (nSPS) is 27.0. The van der Waals surface area contributed by atoms with Gasteiger partial charge in [0.15, 0.2) is 16.7 Å². The number of nitrogens with one attached hydrogen (secondary N) is 1. The average Bonchev–Trinajstić information content (AvgIpc) is 3.51. The van der Waals surface area contributed by atoms with Crippen LogP contribution >= 0.6 is 11.8 Å². The van der Waals surface area contributed by atoms with E-state index in [0.717, 1.165) is 6.20 Å². The second-order valence-corrected chi connectivity index (χ2v) is 8.91. The Bertz CT molecular complexity index is 1180. The van der Waals surface area contributed by atoms with E-state index in [1.165, 1.54) is 42.2 Å². The molecule has 7 nitrogen and oxygen atoms in total. The molecule has 4 rings (SSSR count). The molecule has 3 atom stereocenters. The molecule has 0 spiro atoms. The lowest BCUT2D eigenvalue weighted by molar-refractivity contribution is -0.121. The SMILES string of the molecule is CNC(=O)[C@]12CC1[C@@](C)(c1cc(/C=C(\F)c3cnc(C#N)cn3)ccc1F)N=C(N)S2. The van der Waals surface area contributed by atoms with Crippen LogP contribution in [-0.2, 0) is 10.3 Å². The predicted octanol–water partition coefficient (Wildman–Crippen LogP) is 2.74. The highest BCUT2D eigenvalue weighted by atomic mass is 32.2. The molecule has 0 bridgehead atoms. The maximum atomic E-state index is 14.9. The lowest BCUT2D eigenvalue weighted by atomic mass is 9.84. The summed E-state index contributed by atoms with van der Waals surface area (Å²) in [6.45, 7) is 1.74. The highest BCUT2D eigenvalue weighted by Gasteiger charge is 2.70. The van der Waals surface area contributed by atoms with Gasteiger partial charge in [-0.2, -0.15) is 5.26 Å². The molecular formula is C21H18F2N6OS. The van der Waals surface area contributed by atoms with Crippen LogP contribution in [0, 0.1) is 23.1 Å². The van der Waals surface area contributed by atoms with E-state index in [-0.39, 0.29) is 33.9 Å². The molecule has 1 aliphatic heterocycles. The Morgan fingerprint density at radius 1 is 1.42 bits per heavy atom. The van der Waals surface area contributed by atoms with Gasteiger partial charge in [-0.1, -0.05) is 17.8 Å². The molecule has 2 heterocycles. The molecular weight excluding hydrogens is 422 g/mol. The van der Waals surface area contributed by atoms with Gasteiger partial charge in [-0.15, -0.1) is 0 Å². The van der Waals surface area contributed by atoms with E-state index in [2.05, 4.69) is 20.3 Å². The molecule has 2 aliphatic rings. The van der Waals surface area contributed by atoms with Crippen molar-refractivity contribution >= 4 is 34.7 Å². The van der Waals surface area contributed by atoms with Crippen LogP contribution in [-0.4, -0.2) is 32.8 Å². The van der Waals surface area contributed by atoms with Crippen LogP contribution in [0.3, 0.4) is 0 Å². The molecule has 1 fully saturated rings. The highest BCUT2D eigenvalue weighted by Crippen LogP contribution is 2.66. The van der Waals surface area contributed by atoms with Crippen LogP contribution in [0.4, 0.5) is 8.78 Å². The number of amides is 1. The molecule has 1 amide bonds. The van der Waals surface area contributed by atoms with Crippen LogP contribution < -0.4 is 11.1 Å². The Balaban J connectivity index is 1.72. The van der Waals surface area contributed by atoms with Crippen molar-refractivity contribution in [1.29, 1.82) is 5.26 Å². The Morgan fingerprint density at radius 3 is 2.84 bits per heavy atom. The first-order chi connectivity index (χ1) is 14.7. The Hall–Kier alpha value is -3.32. The van der Waals surface area contributed by atoms with Gasteiger partial charge in [0.1, 0.15) is 22.3 Å². The third-order valence-corrected chi connectivity index (χ3v) is 6.97.